The molecule has 0 atom stereocenters. The number of anilines is 6. The summed E-state index contributed by atoms with van der Waals surface area (Å²) in [6, 6.07) is 41.6. The van der Waals surface area contributed by atoms with Crippen LogP contribution < -0.4 is 24.8 Å². The molecule has 12 rings (SSSR count). The van der Waals surface area contributed by atoms with E-state index >= 15 is 0 Å². The standard InChI is InChI=1S/C62H67BN2S2/c1-57(2,3)37-19-23-39(24-20-37)64-48-31-36-17-15-16-18-41(36)52-51(48)63(55-53(64)42-32-44-46(34-49(42)66-55)61(11,12)29-27-59(44,7)8)56-54(65(52)40-25-21-38(22-26-40)58(4,5)6)43-33-45-47(35-50(43)67-56)62(13,14)30-28-60(45,9)10/h15-26,31-35H,27-30H2,1-14H3. The Morgan fingerprint density at radius 3 is 1.30 bits per heavy atom. The van der Waals surface area contributed by atoms with Crippen molar-refractivity contribution in [2.24, 2.45) is 0 Å². The van der Waals surface area contributed by atoms with Crippen molar-refractivity contribution >= 4 is 109 Å². The molecule has 0 spiro atoms. The SMILES string of the molecule is CC(C)(C)c1ccc(N2c3cc4ccccc4c4c3B(c3sc5cc6c(cc5c32)C(C)(C)CCC6(C)C)c2sc3cc5c(cc3c2N4c2ccc(C(C)(C)C)cc2)C(C)(C)CCC5(C)C)cc1. The van der Waals surface area contributed by atoms with Gasteiger partial charge in [0.15, 0.2) is 0 Å². The van der Waals surface area contributed by atoms with Crippen LogP contribution in [-0.4, -0.2) is 6.71 Å². The molecule has 0 N–H and O–H groups in total. The molecule has 4 aliphatic rings. The number of hydrogen-bond donors (Lipinski definition) is 0. The van der Waals surface area contributed by atoms with Crippen molar-refractivity contribution in [2.45, 2.75) is 155 Å². The van der Waals surface area contributed by atoms with Crippen molar-refractivity contribution in [3.63, 3.8) is 0 Å². The van der Waals surface area contributed by atoms with Crippen LogP contribution >= 0.6 is 22.7 Å². The second kappa shape index (κ2) is 13.9. The van der Waals surface area contributed by atoms with Crippen LogP contribution in [0.2, 0.25) is 0 Å². The van der Waals surface area contributed by atoms with Crippen LogP contribution in [-0.2, 0) is 32.5 Å². The molecule has 2 aromatic heterocycles. The first-order valence-corrected chi connectivity index (χ1v) is 26.7. The predicted molar refractivity (Wildman–Crippen MR) is 297 cm³/mol. The first kappa shape index (κ1) is 43.4. The highest BCUT2D eigenvalue weighted by atomic mass is 32.1. The summed E-state index contributed by atoms with van der Waals surface area (Å²) in [7, 11) is 0. The zero-order chi connectivity index (χ0) is 47.1. The van der Waals surface area contributed by atoms with Gasteiger partial charge in [-0.15, -0.1) is 22.7 Å². The molecule has 5 heteroatoms. The van der Waals surface area contributed by atoms with Crippen LogP contribution in [0.5, 0.6) is 0 Å². The van der Waals surface area contributed by atoms with E-state index in [2.05, 4.69) is 233 Å². The molecular weight excluding hydrogens is 848 g/mol. The van der Waals surface area contributed by atoms with Crippen LogP contribution in [0.15, 0.2) is 103 Å². The summed E-state index contributed by atoms with van der Waals surface area (Å²) in [6.45, 7) is 33.9. The van der Waals surface area contributed by atoms with Crippen molar-refractivity contribution in [3.8, 4) is 0 Å². The fourth-order valence-corrected chi connectivity index (χ4v) is 15.3. The van der Waals surface area contributed by atoms with Crippen molar-refractivity contribution in [3.05, 3.63) is 137 Å². The largest absolute Gasteiger partial charge is 0.310 e. The van der Waals surface area contributed by atoms with Gasteiger partial charge in [-0.25, -0.2) is 0 Å². The third-order valence-electron chi connectivity index (χ3n) is 17.1. The zero-order valence-electron chi connectivity index (χ0n) is 42.4. The fourth-order valence-electron chi connectivity index (χ4n) is 12.6. The summed E-state index contributed by atoms with van der Waals surface area (Å²) < 4.78 is 5.76. The predicted octanol–water partition coefficient (Wildman–Crippen LogP) is 16.6. The molecule has 2 aliphatic carbocycles. The number of hydrogen-bond acceptors (Lipinski definition) is 4. The molecule has 2 nitrogen and oxygen atoms in total. The van der Waals surface area contributed by atoms with Crippen LogP contribution in [0.1, 0.15) is 156 Å². The van der Waals surface area contributed by atoms with E-state index in [1.807, 2.05) is 0 Å². The lowest BCUT2D eigenvalue weighted by atomic mass is 9.39. The van der Waals surface area contributed by atoms with E-state index in [1.165, 1.54) is 139 Å². The van der Waals surface area contributed by atoms with Gasteiger partial charge in [0, 0.05) is 52.2 Å². The first-order valence-electron chi connectivity index (χ1n) is 25.0. The topological polar surface area (TPSA) is 6.48 Å². The van der Waals surface area contributed by atoms with Crippen LogP contribution in [0, 0.1) is 0 Å². The minimum Gasteiger partial charge on any atom is -0.310 e. The highest BCUT2D eigenvalue weighted by Gasteiger charge is 2.49. The molecule has 0 unspecified atom stereocenters. The maximum atomic E-state index is 2.72. The Kier molecular flexibility index (Phi) is 9.02. The lowest BCUT2D eigenvalue weighted by Gasteiger charge is -2.43. The molecule has 2 aliphatic heterocycles. The molecule has 6 aromatic carbocycles. The highest BCUT2D eigenvalue weighted by Crippen LogP contribution is 2.56. The number of fused-ring (bicyclic) bond motifs is 12. The van der Waals surface area contributed by atoms with E-state index in [4.69, 9.17) is 0 Å². The van der Waals surface area contributed by atoms with Crippen molar-refractivity contribution in [1.29, 1.82) is 0 Å². The van der Waals surface area contributed by atoms with Gasteiger partial charge in [0.2, 0.25) is 0 Å². The smallest absolute Gasteiger partial charge is 0.277 e. The quantitative estimate of drug-likeness (QED) is 0.159. The van der Waals surface area contributed by atoms with Gasteiger partial charge in [-0.1, -0.05) is 145 Å². The second-order valence-corrected chi connectivity index (χ2v) is 27.7. The van der Waals surface area contributed by atoms with E-state index in [0.717, 1.165) is 0 Å². The minimum atomic E-state index is 0.0477. The lowest BCUT2D eigenvalue weighted by Crippen LogP contribution is -2.59. The molecule has 0 saturated carbocycles. The number of thiophene rings is 2. The van der Waals surface area contributed by atoms with Crippen LogP contribution in [0.3, 0.4) is 0 Å². The van der Waals surface area contributed by atoms with Gasteiger partial charge in [-0.3, -0.25) is 0 Å². The van der Waals surface area contributed by atoms with E-state index < -0.39 is 0 Å². The Labute approximate surface area is 408 Å². The molecule has 0 amide bonds. The van der Waals surface area contributed by atoms with E-state index in [9.17, 15) is 0 Å². The van der Waals surface area contributed by atoms with Gasteiger partial charge in [-0.05, 0) is 157 Å². The summed E-state index contributed by atoms with van der Waals surface area (Å²) >= 11 is 4.14. The van der Waals surface area contributed by atoms with Gasteiger partial charge in [-0.2, -0.15) is 0 Å². The number of nitrogens with zero attached hydrogens (tertiary/aromatic N) is 2. The maximum absolute atomic E-state index is 2.72. The maximum Gasteiger partial charge on any atom is 0.277 e. The van der Waals surface area contributed by atoms with E-state index in [0.29, 0.717) is 0 Å². The number of rotatable bonds is 2. The first-order chi connectivity index (χ1) is 31.4. The third kappa shape index (κ3) is 6.31. The second-order valence-electron chi connectivity index (χ2n) is 25.5. The summed E-state index contributed by atoms with van der Waals surface area (Å²) in [5, 5.41) is 5.37. The van der Waals surface area contributed by atoms with Crippen LogP contribution in [0.4, 0.5) is 34.1 Å². The fraction of sp³-hybridized carbons (Fsp3) is 0.387. The van der Waals surface area contributed by atoms with Gasteiger partial charge >= 0.3 is 0 Å². The molecule has 340 valence electrons. The van der Waals surface area contributed by atoms with Crippen molar-refractivity contribution in [1.82, 2.24) is 0 Å². The molecular formula is C62H67BN2S2. The Hall–Kier alpha value is -4.84. The average Bonchev–Trinajstić information content (AvgIpc) is 3.84. The summed E-state index contributed by atoms with van der Waals surface area (Å²) in [4.78, 5) is 5.41. The molecule has 67 heavy (non-hydrogen) atoms. The Morgan fingerprint density at radius 2 is 0.851 bits per heavy atom. The van der Waals surface area contributed by atoms with Gasteiger partial charge in [0.1, 0.15) is 0 Å². The summed E-state index contributed by atoms with van der Waals surface area (Å²) in [5.74, 6) is 0. The van der Waals surface area contributed by atoms with Crippen molar-refractivity contribution < 1.29 is 0 Å². The summed E-state index contributed by atoms with van der Waals surface area (Å²) in [5.41, 5.74) is 18.6. The summed E-state index contributed by atoms with van der Waals surface area (Å²) in [6.07, 6.45) is 4.79. The zero-order valence-corrected chi connectivity index (χ0v) is 44.1. The minimum absolute atomic E-state index is 0.0477. The van der Waals surface area contributed by atoms with Gasteiger partial charge in [0.05, 0.1) is 17.1 Å². The molecule has 8 aromatic rings. The highest BCUT2D eigenvalue weighted by molar-refractivity contribution is 7.40. The lowest BCUT2D eigenvalue weighted by molar-refractivity contribution is 0.332. The molecule has 4 heterocycles. The molecule has 0 fully saturated rings. The third-order valence-corrected chi connectivity index (χ3v) is 19.5. The normalized spacial score (nSPS) is 18.7. The Morgan fingerprint density at radius 1 is 0.448 bits per heavy atom. The molecule has 0 radical (unpaired) electrons. The van der Waals surface area contributed by atoms with E-state index in [1.54, 1.807) is 0 Å². The van der Waals surface area contributed by atoms with Gasteiger partial charge < -0.3 is 9.80 Å². The van der Waals surface area contributed by atoms with Crippen LogP contribution in [0.25, 0.3) is 30.9 Å². The van der Waals surface area contributed by atoms with Crippen molar-refractivity contribution in [2.75, 3.05) is 9.80 Å². The average molecular weight is 915 g/mol. The molecule has 0 saturated heterocycles. The Bertz CT molecular complexity index is 3370. The monoisotopic (exact) mass is 914 g/mol. The number of benzene rings is 6. The van der Waals surface area contributed by atoms with Gasteiger partial charge in [0.25, 0.3) is 6.71 Å². The molecule has 0 bridgehead atoms. The van der Waals surface area contributed by atoms with E-state index in [-0.39, 0.29) is 39.2 Å². The Balaban J connectivity index is 1.25.